The Bertz CT molecular complexity index is 512. The lowest BCUT2D eigenvalue weighted by Gasteiger charge is -2.63. The van der Waals surface area contributed by atoms with E-state index in [2.05, 4.69) is 4.74 Å². The Kier molecular flexibility index (Phi) is 3.39. The van der Waals surface area contributed by atoms with Crippen LogP contribution in [0.15, 0.2) is 0 Å². The average Bonchev–Trinajstić information content (AvgIpc) is 2.29. The van der Waals surface area contributed by atoms with Crippen LogP contribution in [-0.4, -0.2) is 45.8 Å². The van der Waals surface area contributed by atoms with Gasteiger partial charge in [0.05, 0.1) is 17.8 Å². The number of carbonyl (C=O) groups is 1. The van der Waals surface area contributed by atoms with Gasteiger partial charge < -0.3 is 14.9 Å². The molecule has 4 rings (SSSR count). The SMILES string of the molecule is CC(F)(C(=O)OCC12CC3CC(O)(CC(O)(C3)C1)C2)C(F)(F)F. The van der Waals surface area contributed by atoms with E-state index in [4.69, 9.17) is 0 Å². The summed E-state index contributed by atoms with van der Waals surface area (Å²) in [4.78, 5) is 11.5. The lowest BCUT2D eigenvalue weighted by atomic mass is 9.46. The molecule has 4 aliphatic carbocycles. The number of aliphatic hydroxyl groups is 2. The lowest BCUT2D eigenvalue weighted by Crippen LogP contribution is -2.64. The maximum absolute atomic E-state index is 13.6. The van der Waals surface area contributed by atoms with Crippen LogP contribution in [0.1, 0.15) is 45.4 Å². The van der Waals surface area contributed by atoms with E-state index in [0.717, 1.165) is 0 Å². The molecular weight excluding hydrogens is 320 g/mol. The maximum atomic E-state index is 13.6. The third kappa shape index (κ3) is 2.73. The van der Waals surface area contributed by atoms with Gasteiger partial charge in [-0.15, -0.1) is 0 Å². The van der Waals surface area contributed by atoms with Crippen LogP contribution in [0, 0.1) is 11.3 Å². The van der Waals surface area contributed by atoms with Gasteiger partial charge in [0.1, 0.15) is 0 Å². The molecule has 0 saturated heterocycles. The Labute approximate surface area is 130 Å². The molecule has 0 spiro atoms. The molecule has 0 radical (unpaired) electrons. The molecule has 4 aliphatic rings. The zero-order chi connectivity index (χ0) is 17.3. The molecule has 4 nitrogen and oxygen atoms in total. The van der Waals surface area contributed by atoms with Gasteiger partial charge in [0, 0.05) is 11.8 Å². The molecule has 0 amide bonds. The fourth-order valence-corrected chi connectivity index (χ4v) is 5.16. The Morgan fingerprint density at radius 1 is 1.09 bits per heavy atom. The van der Waals surface area contributed by atoms with Crippen LogP contribution < -0.4 is 0 Å². The summed E-state index contributed by atoms with van der Waals surface area (Å²) in [6.45, 7) is -0.279. The largest absolute Gasteiger partial charge is 0.462 e. The van der Waals surface area contributed by atoms with Crippen LogP contribution in [0.25, 0.3) is 0 Å². The summed E-state index contributed by atoms with van der Waals surface area (Å²) in [5, 5.41) is 21.1. The minimum atomic E-state index is -5.35. The molecule has 132 valence electrons. The smallest absolute Gasteiger partial charge is 0.433 e. The molecule has 0 heterocycles. The molecule has 3 atom stereocenters. The standard InChI is InChI=1S/C15H20F4O4/c1-11(16,15(17,18)19)10(20)23-8-12-2-9-3-13(21,5-12)7-14(22,4-9)6-12/h9,21-22H,2-8H2,1H3. The highest BCUT2D eigenvalue weighted by molar-refractivity contribution is 5.80. The van der Waals surface area contributed by atoms with Crippen LogP contribution in [0.5, 0.6) is 0 Å². The number of esters is 1. The number of alkyl halides is 4. The second-order valence-corrected chi connectivity index (χ2v) is 8.03. The summed E-state index contributed by atoms with van der Waals surface area (Å²) in [6, 6.07) is 0. The predicted octanol–water partition coefficient (Wildman–Crippen LogP) is 2.27. The van der Waals surface area contributed by atoms with E-state index in [1.807, 2.05) is 0 Å². The summed E-state index contributed by atoms with van der Waals surface area (Å²) in [5.41, 5.74) is -7.00. The van der Waals surface area contributed by atoms with E-state index in [-0.39, 0.29) is 32.1 Å². The zero-order valence-electron chi connectivity index (χ0n) is 12.7. The number of hydrogen-bond acceptors (Lipinski definition) is 4. The van der Waals surface area contributed by atoms with Crippen molar-refractivity contribution >= 4 is 5.97 Å². The molecule has 0 aromatic carbocycles. The Balaban J connectivity index is 1.73. The minimum Gasteiger partial charge on any atom is -0.462 e. The monoisotopic (exact) mass is 340 g/mol. The fourth-order valence-electron chi connectivity index (χ4n) is 5.16. The van der Waals surface area contributed by atoms with Crippen LogP contribution in [0.2, 0.25) is 0 Å². The minimum absolute atomic E-state index is 0.0410. The van der Waals surface area contributed by atoms with Crippen molar-refractivity contribution in [2.24, 2.45) is 11.3 Å². The third-order valence-corrected chi connectivity index (χ3v) is 5.55. The van der Waals surface area contributed by atoms with Crippen molar-refractivity contribution in [3.63, 3.8) is 0 Å². The van der Waals surface area contributed by atoms with Gasteiger partial charge >= 0.3 is 12.1 Å². The molecule has 3 unspecified atom stereocenters. The first-order valence-electron chi connectivity index (χ1n) is 7.66. The lowest BCUT2D eigenvalue weighted by molar-refractivity contribution is -0.252. The first kappa shape index (κ1) is 17.0. The van der Waals surface area contributed by atoms with Gasteiger partial charge in [-0.1, -0.05) is 0 Å². The van der Waals surface area contributed by atoms with Crippen molar-refractivity contribution < 1.29 is 37.3 Å². The normalized spacial score (nSPS) is 44.9. The van der Waals surface area contributed by atoms with Gasteiger partial charge in [0.25, 0.3) is 5.67 Å². The second-order valence-electron chi connectivity index (χ2n) is 8.03. The van der Waals surface area contributed by atoms with Gasteiger partial charge in [-0.05, 0) is 44.9 Å². The second kappa shape index (κ2) is 4.59. The van der Waals surface area contributed by atoms with Crippen molar-refractivity contribution in [2.75, 3.05) is 6.61 Å². The number of rotatable bonds is 3. The highest BCUT2D eigenvalue weighted by Crippen LogP contribution is 2.63. The Morgan fingerprint density at radius 3 is 2.04 bits per heavy atom. The summed E-state index contributed by atoms with van der Waals surface area (Å²) >= 11 is 0. The van der Waals surface area contributed by atoms with Crippen LogP contribution >= 0.6 is 0 Å². The van der Waals surface area contributed by atoms with Crippen molar-refractivity contribution in [3.05, 3.63) is 0 Å². The number of carbonyl (C=O) groups excluding carboxylic acids is 1. The first-order chi connectivity index (χ1) is 10.3. The molecule has 0 aromatic heterocycles. The van der Waals surface area contributed by atoms with E-state index < -0.39 is 41.0 Å². The quantitative estimate of drug-likeness (QED) is 0.611. The van der Waals surface area contributed by atoms with Gasteiger partial charge in [-0.3, -0.25) is 0 Å². The van der Waals surface area contributed by atoms with Crippen LogP contribution in [0.4, 0.5) is 17.6 Å². The average molecular weight is 340 g/mol. The van der Waals surface area contributed by atoms with Gasteiger partial charge in [-0.2, -0.15) is 13.2 Å². The fraction of sp³-hybridized carbons (Fsp3) is 0.933. The van der Waals surface area contributed by atoms with E-state index in [0.29, 0.717) is 19.3 Å². The molecule has 8 heteroatoms. The van der Waals surface area contributed by atoms with Gasteiger partial charge in [-0.25, -0.2) is 9.18 Å². The summed E-state index contributed by atoms with van der Waals surface area (Å²) in [7, 11) is 0. The Hall–Kier alpha value is -0.890. The topological polar surface area (TPSA) is 66.8 Å². The van der Waals surface area contributed by atoms with Gasteiger partial charge in [0.2, 0.25) is 0 Å². The van der Waals surface area contributed by atoms with Gasteiger partial charge in [0.15, 0.2) is 0 Å². The number of hydrogen-bond donors (Lipinski definition) is 2. The highest BCUT2D eigenvalue weighted by Gasteiger charge is 2.64. The van der Waals surface area contributed by atoms with E-state index in [9.17, 15) is 32.6 Å². The first-order valence-corrected chi connectivity index (χ1v) is 7.66. The summed E-state index contributed by atoms with van der Waals surface area (Å²) in [5.74, 6) is -1.93. The molecule has 2 N–H and O–H groups in total. The van der Waals surface area contributed by atoms with Crippen LogP contribution in [-0.2, 0) is 9.53 Å². The molecule has 23 heavy (non-hydrogen) atoms. The summed E-state index contributed by atoms with van der Waals surface area (Å²) < 4.78 is 55.9. The van der Waals surface area contributed by atoms with E-state index in [1.165, 1.54) is 0 Å². The predicted molar refractivity (Wildman–Crippen MR) is 70.1 cm³/mol. The number of ether oxygens (including phenoxy) is 1. The molecule has 0 aliphatic heterocycles. The maximum Gasteiger partial charge on any atom is 0.433 e. The molecule has 4 bridgehead atoms. The van der Waals surface area contributed by atoms with Crippen molar-refractivity contribution in [1.82, 2.24) is 0 Å². The number of halogens is 4. The molecule has 0 aromatic rings. The molecule has 4 saturated carbocycles. The Morgan fingerprint density at radius 2 is 1.61 bits per heavy atom. The zero-order valence-corrected chi connectivity index (χ0v) is 12.7. The van der Waals surface area contributed by atoms with Crippen molar-refractivity contribution in [2.45, 2.75) is 68.5 Å². The van der Waals surface area contributed by atoms with Crippen molar-refractivity contribution in [3.8, 4) is 0 Å². The molecular formula is C15H20F4O4. The summed E-state index contributed by atoms with van der Waals surface area (Å²) in [6.07, 6.45) is -2.98. The highest BCUT2D eigenvalue weighted by atomic mass is 19.4. The van der Waals surface area contributed by atoms with E-state index in [1.54, 1.807) is 0 Å². The van der Waals surface area contributed by atoms with Crippen LogP contribution in [0.3, 0.4) is 0 Å². The van der Waals surface area contributed by atoms with E-state index >= 15 is 0 Å². The van der Waals surface area contributed by atoms with Crippen molar-refractivity contribution in [1.29, 1.82) is 0 Å². The third-order valence-electron chi connectivity index (χ3n) is 5.55. The molecule has 4 fully saturated rings.